The van der Waals surface area contributed by atoms with Gasteiger partial charge < -0.3 is 15.5 Å². The van der Waals surface area contributed by atoms with Crippen molar-refractivity contribution in [2.24, 2.45) is 5.73 Å². The summed E-state index contributed by atoms with van der Waals surface area (Å²) in [6.45, 7) is 9.31. The number of rotatable bonds is 7. The maximum absolute atomic E-state index is 11.3. The van der Waals surface area contributed by atoms with Crippen LogP contribution in [0.15, 0.2) is 18.6 Å². The molecule has 1 aliphatic heterocycles. The molecular weight excluding hydrogens is 448 g/mol. The van der Waals surface area contributed by atoms with Gasteiger partial charge >= 0.3 is 0 Å². The first kappa shape index (κ1) is 23.0. The third kappa shape index (κ3) is 4.01. The molecule has 4 aromatic rings. The number of aromatic nitrogens is 4. The van der Waals surface area contributed by atoms with Crippen molar-refractivity contribution < 1.29 is 9.53 Å². The molecule has 0 unspecified atom stereocenters. The predicted molar refractivity (Wildman–Crippen MR) is 135 cm³/mol. The van der Waals surface area contributed by atoms with E-state index in [9.17, 15) is 4.79 Å². The molecule has 8 nitrogen and oxygen atoms in total. The molecule has 0 aromatic carbocycles. The molecule has 1 saturated heterocycles. The molecule has 0 radical (unpaired) electrons. The standard InChI is InChI=1S/C25H32N6O2S/c1-14(2)20-21-18(12-33-4)23(16-5-7-30(8-6-16)11-19(26)32)34-25(21)29-22(20)17-9-15(3)24-27-13-28-31(24)10-17/h9-10,13-14,16,29H,5-8,11-12H2,1-4H3,(H2,26,32). The van der Waals surface area contributed by atoms with Gasteiger partial charge in [0.1, 0.15) is 11.2 Å². The summed E-state index contributed by atoms with van der Waals surface area (Å²) in [5, 5.41) is 5.68. The summed E-state index contributed by atoms with van der Waals surface area (Å²) in [6.07, 6.45) is 5.71. The van der Waals surface area contributed by atoms with Gasteiger partial charge in [-0.1, -0.05) is 13.8 Å². The summed E-state index contributed by atoms with van der Waals surface area (Å²) < 4.78 is 7.57. The molecule has 4 aromatic heterocycles. The maximum atomic E-state index is 11.3. The number of carbonyl (C=O) groups is 1. The number of carbonyl (C=O) groups excluding carboxylic acids is 1. The normalized spacial score (nSPS) is 15.8. The van der Waals surface area contributed by atoms with Crippen LogP contribution in [0.2, 0.25) is 0 Å². The van der Waals surface area contributed by atoms with E-state index in [4.69, 9.17) is 10.5 Å². The number of thiophene rings is 1. The van der Waals surface area contributed by atoms with Crippen LogP contribution in [0.3, 0.4) is 0 Å². The molecule has 0 spiro atoms. The first-order valence-electron chi connectivity index (χ1n) is 11.8. The zero-order valence-electron chi connectivity index (χ0n) is 20.2. The number of fused-ring (bicyclic) bond motifs is 2. The molecule has 5 rings (SSSR count). The number of primary amides is 1. The van der Waals surface area contributed by atoms with Crippen molar-refractivity contribution in [3.63, 3.8) is 0 Å². The summed E-state index contributed by atoms with van der Waals surface area (Å²) in [7, 11) is 1.77. The fourth-order valence-electron chi connectivity index (χ4n) is 5.39. The zero-order chi connectivity index (χ0) is 24.0. The summed E-state index contributed by atoms with van der Waals surface area (Å²) in [5.74, 6) is 0.555. The Morgan fingerprint density at radius 3 is 2.79 bits per heavy atom. The number of aromatic amines is 1. The first-order chi connectivity index (χ1) is 16.4. The van der Waals surface area contributed by atoms with Gasteiger partial charge in [-0.2, -0.15) is 5.10 Å². The molecule has 1 fully saturated rings. The molecule has 0 aliphatic carbocycles. The number of nitrogens with one attached hydrogen (secondary N) is 1. The summed E-state index contributed by atoms with van der Waals surface area (Å²) in [6, 6.07) is 2.19. The minimum atomic E-state index is -0.253. The monoisotopic (exact) mass is 480 g/mol. The third-order valence-corrected chi connectivity index (χ3v) is 8.18. The topological polar surface area (TPSA) is 102 Å². The van der Waals surface area contributed by atoms with E-state index in [2.05, 4.69) is 53.0 Å². The number of hydrogen-bond donors (Lipinski definition) is 2. The highest BCUT2D eigenvalue weighted by Crippen LogP contribution is 2.46. The molecule has 180 valence electrons. The number of H-pyrrole nitrogens is 1. The Morgan fingerprint density at radius 1 is 1.35 bits per heavy atom. The van der Waals surface area contributed by atoms with Crippen molar-refractivity contribution in [1.82, 2.24) is 24.5 Å². The smallest absolute Gasteiger partial charge is 0.231 e. The maximum Gasteiger partial charge on any atom is 0.231 e. The first-order valence-corrected chi connectivity index (χ1v) is 12.7. The Hall–Kier alpha value is -2.75. The van der Waals surface area contributed by atoms with Gasteiger partial charge in [-0.05, 0) is 61.9 Å². The minimum Gasteiger partial charge on any atom is -0.380 e. The number of piperidine rings is 1. The predicted octanol–water partition coefficient (Wildman–Crippen LogP) is 4.18. The van der Waals surface area contributed by atoms with Gasteiger partial charge in [-0.15, -0.1) is 11.3 Å². The molecular formula is C25H32N6O2S. The van der Waals surface area contributed by atoms with Crippen LogP contribution in [-0.2, 0) is 16.1 Å². The SMILES string of the molecule is COCc1c(C2CCN(CC(N)=O)CC2)sc2[nH]c(-c3cc(C)c4ncnn4c3)c(C(C)C)c12. The second kappa shape index (κ2) is 9.13. The van der Waals surface area contributed by atoms with Crippen LogP contribution in [0.5, 0.6) is 0 Å². The Morgan fingerprint density at radius 2 is 2.12 bits per heavy atom. The van der Waals surface area contributed by atoms with Gasteiger partial charge in [-0.3, -0.25) is 9.69 Å². The van der Waals surface area contributed by atoms with Crippen molar-refractivity contribution in [3.05, 3.63) is 40.2 Å². The summed E-state index contributed by atoms with van der Waals surface area (Å²) in [5.41, 5.74) is 12.3. The number of likely N-dealkylation sites (tertiary alicyclic amines) is 1. The molecule has 0 bridgehead atoms. The second-order valence-corrected chi connectivity index (χ2v) is 10.7. The van der Waals surface area contributed by atoms with Crippen molar-refractivity contribution >= 4 is 33.1 Å². The molecule has 3 N–H and O–H groups in total. The minimum absolute atomic E-state index is 0.253. The quantitative estimate of drug-likeness (QED) is 0.413. The number of amides is 1. The highest BCUT2D eigenvalue weighted by atomic mass is 32.1. The average Bonchev–Trinajstić information content (AvgIpc) is 3.48. The van der Waals surface area contributed by atoms with Gasteiger partial charge in [0, 0.05) is 34.7 Å². The number of nitrogens with two attached hydrogens (primary N) is 1. The van der Waals surface area contributed by atoms with Crippen LogP contribution in [0, 0.1) is 6.92 Å². The van der Waals surface area contributed by atoms with E-state index in [1.54, 1.807) is 13.4 Å². The summed E-state index contributed by atoms with van der Waals surface area (Å²) in [4.78, 5) is 24.2. The highest BCUT2D eigenvalue weighted by Gasteiger charge is 2.29. The largest absolute Gasteiger partial charge is 0.380 e. The lowest BCUT2D eigenvalue weighted by molar-refractivity contribution is -0.119. The van der Waals surface area contributed by atoms with Gasteiger partial charge in [0.2, 0.25) is 5.91 Å². The van der Waals surface area contributed by atoms with E-state index in [1.165, 1.54) is 26.2 Å². The van der Waals surface area contributed by atoms with Crippen molar-refractivity contribution in [3.8, 4) is 11.3 Å². The number of hydrogen-bond acceptors (Lipinski definition) is 6. The molecule has 0 atom stereocenters. The van der Waals surface area contributed by atoms with E-state index < -0.39 is 0 Å². The van der Waals surface area contributed by atoms with Crippen LogP contribution < -0.4 is 5.73 Å². The molecule has 34 heavy (non-hydrogen) atoms. The Bertz CT molecular complexity index is 1340. The van der Waals surface area contributed by atoms with Crippen LogP contribution in [0.1, 0.15) is 60.1 Å². The fraction of sp³-hybridized carbons (Fsp3) is 0.480. The van der Waals surface area contributed by atoms with E-state index in [-0.39, 0.29) is 5.91 Å². The fourth-order valence-corrected chi connectivity index (χ4v) is 6.78. The lowest BCUT2D eigenvalue weighted by Gasteiger charge is -2.31. The van der Waals surface area contributed by atoms with Crippen LogP contribution in [-0.4, -0.2) is 57.1 Å². The van der Waals surface area contributed by atoms with Crippen molar-refractivity contribution in [1.29, 1.82) is 0 Å². The van der Waals surface area contributed by atoms with Gasteiger partial charge in [0.05, 0.1) is 18.8 Å². The highest BCUT2D eigenvalue weighted by molar-refractivity contribution is 7.19. The van der Waals surface area contributed by atoms with Crippen molar-refractivity contribution in [2.45, 2.75) is 52.1 Å². The van der Waals surface area contributed by atoms with Crippen LogP contribution >= 0.6 is 11.3 Å². The Balaban J connectivity index is 1.58. The molecule has 1 aliphatic rings. The Kier molecular flexibility index (Phi) is 6.18. The number of methoxy groups -OCH3 is 1. The molecule has 9 heteroatoms. The van der Waals surface area contributed by atoms with Crippen LogP contribution in [0.4, 0.5) is 0 Å². The average molecular weight is 481 g/mol. The van der Waals surface area contributed by atoms with Crippen molar-refractivity contribution in [2.75, 3.05) is 26.7 Å². The lowest BCUT2D eigenvalue weighted by atomic mass is 9.90. The molecule has 5 heterocycles. The number of nitrogens with zero attached hydrogens (tertiary/aromatic N) is 4. The lowest BCUT2D eigenvalue weighted by Crippen LogP contribution is -2.39. The van der Waals surface area contributed by atoms with E-state index in [1.807, 2.05) is 15.9 Å². The van der Waals surface area contributed by atoms with E-state index in [0.717, 1.165) is 48.4 Å². The van der Waals surface area contributed by atoms with Gasteiger partial charge in [0.25, 0.3) is 0 Å². The third-order valence-electron chi connectivity index (χ3n) is 6.87. The van der Waals surface area contributed by atoms with E-state index >= 15 is 0 Å². The summed E-state index contributed by atoms with van der Waals surface area (Å²) >= 11 is 1.86. The number of aryl methyl sites for hydroxylation is 1. The van der Waals surface area contributed by atoms with Crippen LogP contribution in [0.25, 0.3) is 27.1 Å². The number of ether oxygens (including phenoxy) is 1. The van der Waals surface area contributed by atoms with Gasteiger partial charge in [-0.25, -0.2) is 9.50 Å². The van der Waals surface area contributed by atoms with E-state index in [0.29, 0.717) is 25.0 Å². The number of pyridine rings is 1. The van der Waals surface area contributed by atoms with Gasteiger partial charge in [0.15, 0.2) is 5.65 Å². The molecule has 0 saturated carbocycles. The Labute approximate surface area is 203 Å². The second-order valence-electron chi connectivity index (χ2n) is 9.61. The molecule has 1 amide bonds. The zero-order valence-corrected chi connectivity index (χ0v) is 21.0.